The van der Waals surface area contributed by atoms with Crippen LogP contribution in [0.1, 0.15) is 62.9 Å². The Morgan fingerprint density at radius 1 is 1.33 bits per heavy atom. The summed E-state index contributed by atoms with van der Waals surface area (Å²) in [6, 6.07) is -0.0355. The number of aromatic amines is 1. The van der Waals surface area contributed by atoms with Crippen molar-refractivity contribution in [2.24, 2.45) is 5.92 Å². The minimum absolute atomic E-state index is 0.0355. The zero-order chi connectivity index (χ0) is 15.8. The number of carbonyl (C=O) groups is 2. The number of carbonyl (C=O) groups excluding carboxylic acids is 1. The van der Waals surface area contributed by atoms with Gasteiger partial charge in [-0.05, 0) is 26.2 Å². The van der Waals surface area contributed by atoms with Gasteiger partial charge in [0.05, 0.1) is 5.92 Å². The van der Waals surface area contributed by atoms with Crippen LogP contribution in [-0.2, 0) is 11.2 Å². The topological polar surface area (TPSA) is 108 Å². The molecule has 2 atom stereocenters. The first kappa shape index (κ1) is 17.1. The summed E-state index contributed by atoms with van der Waals surface area (Å²) in [4.78, 5) is 26.8. The smallest absolute Gasteiger partial charge is 0.306 e. The van der Waals surface area contributed by atoms with Gasteiger partial charge >= 0.3 is 5.97 Å². The van der Waals surface area contributed by atoms with Gasteiger partial charge in [-0.15, -0.1) is 5.10 Å². The van der Waals surface area contributed by atoms with Crippen molar-refractivity contribution in [1.29, 1.82) is 0 Å². The van der Waals surface area contributed by atoms with E-state index in [0.29, 0.717) is 12.2 Å². The number of amides is 1. The van der Waals surface area contributed by atoms with Gasteiger partial charge in [0.1, 0.15) is 5.82 Å². The molecule has 0 bridgehead atoms. The standard InChI is InChI=1S/C14H24N4O3/c1-4-6-11-16-12(18-17-11)13(19)15-10(3)8-5-7-9(2)14(20)21/h9-10H,4-8H2,1-3H3,(H,15,19)(H,20,21)(H,16,17,18). The van der Waals surface area contributed by atoms with Crippen LogP contribution >= 0.6 is 0 Å². The Morgan fingerprint density at radius 2 is 2.05 bits per heavy atom. The SMILES string of the molecule is CCCc1nc(C(=O)NC(C)CCCC(C)C(=O)O)n[nH]1. The van der Waals surface area contributed by atoms with Gasteiger partial charge in [0.15, 0.2) is 0 Å². The summed E-state index contributed by atoms with van der Waals surface area (Å²) in [6.07, 6.45) is 3.80. The van der Waals surface area contributed by atoms with Gasteiger partial charge in [-0.1, -0.05) is 20.3 Å². The fourth-order valence-corrected chi connectivity index (χ4v) is 1.96. The molecule has 1 heterocycles. The van der Waals surface area contributed by atoms with E-state index in [1.54, 1.807) is 6.92 Å². The first-order chi connectivity index (χ1) is 9.93. The molecule has 7 heteroatoms. The quantitative estimate of drug-likeness (QED) is 0.643. The van der Waals surface area contributed by atoms with Crippen LogP contribution in [0, 0.1) is 5.92 Å². The summed E-state index contributed by atoms with van der Waals surface area (Å²) in [7, 11) is 0. The van der Waals surface area contributed by atoms with Crippen LogP contribution in [0.25, 0.3) is 0 Å². The summed E-state index contributed by atoms with van der Waals surface area (Å²) in [5, 5.41) is 18.3. The number of aryl methyl sites for hydroxylation is 1. The van der Waals surface area contributed by atoms with Gasteiger partial charge in [-0.3, -0.25) is 14.7 Å². The molecule has 0 aliphatic rings. The van der Waals surface area contributed by atoms with Crippen molar-refractivity contribution < 1.29 is 14.7 Å². The maximum Gasteiger partial charge on any atom is 0.306 e. The number of nitrogens with one attached hydrogen (secondary N) is 2. The first-order valence-electron chi connectivity index (χ1n) is 7.39. The minimum atomic E-state index is -0.782. The van der Waals surface area contributed by atoms with E-state index in [4.69, 9.17) is 5.11 Å². The average molecular weight is 296 g/mol. The molecular formula is C14H24N4O3. The Hall–Kier alpha value is -1.92. The first-order valence-corrected chi connectivity index (χ1v) is 7.39. The largest absolute Gasteiger partial charge is 0.481 e. The molecule has 0 saturated heterocycles. The molecule has 1 aromatic rings. The highest BCUT2D eigenvalue weighted by Crippen LogP contribution is 2.09. The third kappa shape index (κ3) is 5.93. The van der Waals surface area contributed by atoms with Gasteiger partial charge in [0, 0.05) is 12.5 Å². The van der Waals surface area contributed by atoms with Crippen LogP contribution in [-0.4, -0.2) is 38.2 Å². The van der Waals surface area contributed by atoms with Crippen molar-refractivity contribution in [3.05, 3.63) is 11.6 Å². The third-order valence-electron chi connectivity index (χ3n) is 3.29. The highest BCUT2D eigenvalue weighted by molar-refractivity contribution is 5.90. The molecule has 0 aliphatic carbocycles. The second-order valence-electron chi connectivity index (χ2n) is 5.40. The molecule has 0 aromatic carbocycles. The number of rotatable bonds is 9. The van der Waals surface area contributed by atoms with E-state index in [2.05, 4.69) is 20.5 Å². The summed E-state index contributed by atoms with van der Waals surface area (Å²) >= 11 is 0. The van der Waals surface area contributed by atoms with E-state index < -0.39 is 5.97 Å². The second kappa shape index (κ2) is 8.39. The highest BCUT2D eigenvalue weighted by atomic mass is 16.4. The fourth-order valence-electron chi connectivity index (χ4n) is 1.96. The van der Waals surface area contributed by atoms with Crippen molar-refractivity contribution >= 4 is 11.9 Å². The third-order valence-corrected chi connectivity index (χ3v) is 3.29. The summed E-state index contributed by atoms with van der Waals surface area (Å²) in [5.74, 6) is -0.560. The van der Waals surface area contributed by atoms with Crippen LogP contribution < -0.4 is 5.32 Å². The predicted octanol–water partition coefficient (Wildman–Crippen LogP) is 1.77. The number of hydrogen-bond acceptors (Lipinski definition) is 4. The second-order valence-corrected chi connectivity index (χ2v) is 5.40. The lowest BCUT2D eigenvalue weighted by Gasteiger charge is -2.13. The van der Waals surface area contributed by atoms with Crippen LogP contribution in [0.2, 0.25) is 0 Å². The molecule has 21 heavy (non-hydrogen) atoms. The van der Waals surface area contributed by atoms with Crippen molar-refractivity contribution in [2.45, 2.75) is 58.9 Å². The average Bonchev–Trinajstić information content (AvgIpc) is 2.87. The molecular weight excluding hydrogens is 272 g/mol. The van der Waals surface area contributed by atoms with Crippen LogP contribution in [0.5, 0.6) is 0 Å². The molecule has 2 unspecified atom stereocenters. The molecule has 118 valence electrons. The van der Waals surface area contributed by atoms with Crippen molar-refractivity contribution in [3.8, 4) is 0 Å². The lowest BCUT2D eigenvalue weighted by molar-refractivity contribution is -0.141. The van der Waals surface area contributed by atoms with E-state index in [0.717, 1.165) is 25.7 Å². The minimum Gasteiger partial charge on any atom is -0.481 e. The number of hydrogen-bond donors (Lipinski definition) is 3. The lowest BCUT2D eigenvalue weighted by atomic mass is 10.0. The summed E-state index contributed by atoms with van der Waals surface area (Å²) < 4.78 is 0. The Labute approximate surface area is 124 Å². The number of carboxylic acids is 1. The van der Waals surface area contributed by atoms with Gasteiger partial charge in [0.25, 0.3) is 5.91 Å². The number of nitrogens with zero attached hydrogens (tertiary/aromatic N) is 2. The van der Waals surface area contributed by atoms with Gasteiger partial charge in [-0.25, -0.2) is 4.98 Å². The summed E-state index contributed by atoms with van der Waals surface area (Å²) in [6.45, 7) is 5.61. The molecule has 0 fully saturated rings. The van der Waals surface area contributed by atoms with Crippen molar-refractivity contribution in [2.75, 3.05) is 0 Å². The Morgan fingerprint density at radius 3 is 2.67 bits per heavy atom. The van der Waals surface area contributed by atoms with E-state index in [1.807, 2.05) is 13.8 Å². The van der Waals surface area contributed by atoms with Crippen molar-refractivity contribution in [3.63, 3.8) is 0 Å². The zero-order valence-corrected chi connectivity index (χ0v) is 12.8. The van der Waals surface area contributed by atoms with Crippen LogP contribution in [0.15, 0.2) is 0 Å². The van der Waals surface area contributed by atoms with Gasteiger partial charge in [-0.2, -0.15) is 0 Å². The monoisotopic (exact) mass is 296 g/mol. The number of H-pyrrole nitrogens is 1. The van der Waals surface area contributed by atoms with Gasteiger partial charge < -0.3 is 10.4 Å². The van der Waals surface area contributed by atoms with Crippen LogP contribution in [0.4, 0.5) is 0 Å². The number of aromatic nitrogens is 3. The van der Waals surface area contributed by atoms with Gasteiger partial charge in [0.2, 0.25) is 5.82 Å². The van der Waals surface area contributed by atoms with E-state index in [9.17, 15) is 9.59 Å². The lowest BCUT2D eigenvalue weighted by Crippen LogP contribution is -2.33. The van der Waals surface area contributed by atoms with E-state index in [-0.39, 0.29) is 23.7 Å². The molecule has 0 spiro atoms. The Balaban J connectivity index is 2.34. The Kier molecular flexibility index (Phi) is 6.84. The van der Waals surface area contributed by atoms with E-state index >= 15 is 0 Å². The predicted molar refractivity (Wildman–Crippen MR) is 78.0 cm³/mol. The molecule has 1 amide bonds. The maximum absolute atomic E-state index is 11.9. The highest BCUT2D eigenvalue weighted by Gasteiger charge is 2.16. The molecule has 1 rings (SSSR count). The maximum atomic E-state index is 11.9. The number of aliphatic carboxylic acids is 1. The Bertz CT molecular complexity index is 473. The molecule has 1 aromatic heterocycles. The molecule has 0 saturated carbocycles. The van der Waals surface area contributed by atoms with Crippen LogP contribution in [0.3, 0.4) is 0 Å². The van der Waals surface area contributed by atoms with Crippen molar-refractivity contribution in [1.82, 2.24) is 20.5 Å². The van der Waals surface area contributed by atoms with E-state index in [1.165, 1.54) is 0 Å². The molecule has 0 radical (unpaired) electrons. The number of carboxylic acid groups (broad SMARTS) is 1. The summed E-state index contributed by atoms with van der Waals surface area (Å²) in [5.41, 5.74) is 0. The molecule has 0 aliphatic heterocycles. The zero-order valence-electron chi connectivity index (χ0n) is 12.8. The molecule has 7 nitrogen and oxygen atoms in total. The fraction of sp³-hybridized carbons (Fsp3) is 0.714. The normalized spacial score (nSPS) is 13.7. The molecule has 3 N–H and O–H groups in total.